The highest BCUT2D eigenvalue weighted by Crippen LogP contribution is 2.24. The second kappa shape index (κ2) is 7.58. The number of benzene rings is 1. The molecule has 0 saturated carbocycles. The van der Waals surface area contributed by atoms with Gasteiger partial charge in [0.15, 0.2) is 0 Å². The number of hydrogen-bond acceptors (Lipinski definition) is 5. The molecule has 1 rings (SSSR count). The van der Waals surface area contributed by atoms with Crippen molar-refractivity contribution in [1.29, 1.82) is 0 Å². The van der Waals surface area contributed by atoms with Crippen molar-refractivity contribution in [3.63, 3.8) is 0 Å². The number of aliphatic hydroxyl groups excluding tert-OH is 1. The first kappa shape index (κ1) is 16.9. The summed E-state index contributed by atoms with van der Waals surface area (Å²) in [6, 6.07) is 4.55. The van der Waals surface area contributed by atoms with Crippen LogP contribution < -0.4 is 9.46 Å². The first-order valence-corrected chi connectivity index (χ1v) is 7.69. The van der Waals surface area contributed by atoms with Crippen molar-refractivity contribution in [2.75, 3.05) is 27.4 Å². The lowest BCUT2D eigenvalue weighted by Crippen LogP contribution is -2.30. The number of nitrogens with one attached hydrogen (secondary N) is 1. The molecule has 0 fully saturated rings. The van der Waals surface area contributed by atoms with E-state index in [1.807, 2.05) is 6.92 Å². The molecule has 0 aliphatic heterocycles. The zero-order chi connectivity index (χ0) is 15.2. The fourth-order valence-electron chi connectivity index (χ4n) is 1.70. The van der Waals surface area contributed by atoms with Crippen LogP contribution in [0.25, 0.3) is 0 Å². The standard InChI is InChI=1S/C13H21NO5S/c1-10(9-18-2)7-14-20(16,17)13-6-11(8-15)4-5-12(13)19-3/h4-6,10,14-15H,7-9H2,1-3H3. The molecule has 0 heterocycles. The molecule has 0 amide bonds. The average molecular weight is 303 g/mol. The van der Waals surface area contributed by atoms with Gasteiger partial charge in [-0.25, -0.2) is 13.1 Å². The van der Waals surface area contributed by atoms with Gasteiger partial charge in [0.2, 0.25) is 10.0 Å². The molecule has 0 bridgehead atoms. The van der Waals surface area contributed by atoms with E-state index in [9.17, 15) is 8.42 Å². The quantitative estimate of drug-likeness (QED) is 0.740. The molecule has 114 valence electrons. The molecule has 0 spiro atoms. The SMILES string of the molecule is COCC(C)CNS(=O)(=O)c1cc(CO)ccc1OC. The molecule has 1 aromatic carbocycles. The van der Waals surface area contributed by atoms with Gasteiger partial charge in [0.1, 0.15) is 10.6 Å². The highest BCUT2D eigenvalue weighted by Gasteiger charge is 2.20. The minimum atomic E-state index is -3.69. The molecule has 1 unspecified atom stereocenters. The van der Waals surface area contributed by atoms with Crippen molar-refractivity contribution in [2.24, 2.45) is 5.92 Å². The van der Waals surface area contributed by atoms with Crippen LogP contribution in [0.3, 0.4) is 0 Å². The summed E-state index contributed by atoms with van der Waals surface area (Å²) in [4.78, 5) is 0.0242. The number of sulfonamides is 1. The molecule has 1 atom stereocenters. The topological polar surface area (TPSA) is 84.9 Å². The molecular weight excluding hydrogens is 282 g/mol. The van der Waals surface area contributed by atoms with Crippen molar-refractivity contribution in [3.05, 3.63) is 23.8 Å². The Morgan fingerprint density at radius 2 is 2.05 bits per heavy atom. The minimum absolute atomic E-state index is 0.0242. The van der Waals surface area contributed by atoms with Crippen LogP contribution >= 0.6 is 0 Å². The van der Waals surface area contributed by atoms with Crippen molar-refractivity contribution < 1.29 is 23.0 Å². The Morgan fingerprint density at radius 3 is 2.60 bits per heavy atom. The predicted octanol–water partition coefficient (Wildman–Crippen LogP) is 0.748. The van der Waals surface area contributed by atoms with E-state index in [1.54, 1.807) is 13.2 Å². The molecule has 1 aromatic rings. The fraction of sp³-hybridized carbons (Fsp3) is 0.538. The van der Waals surface area contributed by atoms with Gasteiger partial charge in [0.05, 0.1) is 13.7 Å². The van der Waals surface area contributed by atoms with E-state index in [0.717, 1.165) is 0 Å². The lowest BCUT2D eigenvalue weighted by Gasteiger charge is -2.14. The van der Waals surface area contributed by atoms with Crippen LogP contribution in [-0.2, 0) is 21.4 Å². The van der Waals surface area contributed by atoms with Gasteiger partial charge >= 0.3 is 0 Å². The zero-order valence-electron chi connectivity index (χ0n) is 11.9. The Labute approximate surface area is 119 Å². The van der Waals surface area contributed by atoms with E-state index in [4.69, 9.17) is 14.6 Å². The first-order valence-electron chi connectivity index (χ1n) is 6.21. The van der Waals surface area contributed by atoms with Crippen molar-refractivity contribution in [3.8, 4) is 5.75 Å². The molecule has 6 nitrogen and oxygen atoms in total. The van der Waals surface area contributed by atoms with E-state index in [2.05, 4.69) is 4.72 Å². The summed E-state index contributed by atoms with van der Waals surface area (Å²) in [5.74, 6) is 0.302. The second-order valence-corrected chi connectivity index (χ2v) is 6.29. The van der Waals surface area contributed by atoms with Gasteiger partial charge in [-0.15, -0.1) is 0 Å². The fourth-order valence-corrected chi connectivity index (χ4v) is 3.08. The third-order valence-corrected chi connectivity index (χ3v) is 4.22. The normalized spacial score (nSPS) is 13.2. The molecule has 0 radical (unpaired) electrons. The Kier molecular flexibility index (Phi) is 6.41. The van der Waals surface area contributed by atoms with Gasteiger partial charge in [-0.1, -0.05) is 13.0 Å². The average Bonchev–Trinajstić information content (AvgIpc) is 2.45. The van der Waals surface area contributed by atoms with E-state index in [0.29, 0.717) is 12.2 Å². The van der Waals surface area contributed by atoms with Crippen molar-refractivity contribution >= 4 is 10.0 Å². The lowest BCUT2D eigenvalue weighted by molar-refractivity contribution is 0.161. The maximum atomic E-state index is 12.3. The molecule has 0 aliphatic carbocycles. The monoisotopic (exact) mass is 303 g/mol. The summed E-state index contributed by atoms with van der Waals surface area (Å²) in [6.45, 7) is 2.39. The van der Waals surface area contributed by atoms with E-state index >= 15 is 0 Å². The molecule has 20 heavy (non-hydrogen) atoms. The summed E-state index contributed by atoms with van der Waals surface area (Å²) < 4.78 is 37.1. The maximum absolute atomic E-state index is 12.3. The zero-order valence-corrected chi connectivity index (χ0v) is 12.7. The summed E-state index contributed by atoms with van der Waals surface area (Å²) in [6.07, 6.45) is 0. The van der Waals surface area contributed by atoms with E-state index < -0.39 is 10.0 Å². The summed E-state index contributed by atoms with van der Waals surface area (Å²) >= 11 is 0. The van der Waals surface area contributed by atoms with Gasteiger partial charge in [-0.2, -0.15) is 0 Å². The minimum Gasteiger partial charge on any atom is -0.495 e. The molecule has 7 heteroatoms. The smallest absolute Gasteiger partial charge is 0.244 e. The molecule has 0 aliphatic rings. The van der Waals surface area contributed by atoms with Crippen LogP contribution in [0.1, 0.15) is 12.5 Å². The maximum Gasteiger partial charge on any atom is 0.244 e. The number of ether oxygens (including phenoxy) is 2. The van der Waals surface area contributed by atoms with E-state index in [-0.39, 0.29) is 29.7 Å². The van der Waals surface area contributed by atoms with Crippen molar-refractivity contribution in [2.45, 2.75) is 18.4 Å². The third-order valence-electron chi connectivity index (χ3n) is 2.77. The predicted molar refractivity (Wildman–Crippen MR) is 75.1 cm³/mol. The van der Waals surface area contributed by atoms with Crippen molar-refractivity contribution in [1.82, 2.24) is 4.72 Å². The molecular formula is C13H21NO5S. The van der Waals surface area contributed by atoms with Gasteiger partial charge in [-0.05, 0) is 23.6 Å². The Bertz CT molecular complexity index is 530. The number of aliphatic hydroxyl groups is 1. The highest BCUT2D eigenvalue weighted by atomic mass is 32.2. The Balaban J connectivity index is 2.96. The molecule has 0 saturated heterocycles. The molecule has 2 N–H and O–H groups in total. The van der Waals surface area contributed by atoms with Gasteiger partial charge in [0.25, 0.3) is 0 Å². The second-order valence-electron chi connectivity index (χ2n) is 4.56. The van der Waals surface area contributed by atoms with Gasteiger partial charge in [0, 0.05) is 20.3 Å². The third kappa shape index (κ3) is 4.45. The number of methoxy groups -OCH3 is 2. The van der Waals surface area contributed by atoms with Gasteiger partial charge in [-0.3, -0.25) is 0 Å². The first-order chi connectivity index (χ1) is 9.44. The van der Waals surface area contributed by atoms with Crippen LogP contribution in [0.15, 0.2) is 23.1 Å². The molecule has 0 aromatic heterocycles. The number of rotatable bonds is 8. The van der Waals surface area contributed by atoms with E-state index in [1.165, 1.54) is 19.2 Å². The Morgan fingerprint density at radius 1 is 1.35 bits per heavy atom. The van der Waals surface area contributed by atoms with Crippen LogP contribution in [0, 0.1) is 5.92 Å². The highest BCUT2D eigenvalue weighted by molar-refractivity contribution is 7.89. The van der Waals surface area contributed by atoms with Crippen LogP contribution in [0.2, 0.25) is 0 Å². The number of hydrogen-bond donors (Lipinski definition) is 2. The summed E-state index contributed by atoms with van der Waals surface area (Å²) in [5, 5.41) is 9.11. The largest absolute Gasteiger partial charge is 0.495 e. The van der Waals surface area contributed by atoms with Crippen LogP contribution in [0.4, 0.5) is 0 Å². The van der Waals surface area contributed by atoms with Gasteiger partial charge < -0.3 is 14.6 Å². The Hall–Kier alpha value is -1.15. The van der Waals surface area contributed by atoms with Crippen LogP contribution in [-0.4, -0.2) is 40.9 Å². The van der Waals surface area contributed by atoms with Crippen LogP contribution in [0.5, 0.6) is 5.75 Å². The summed E-state index contributed by atoms with van der Waals surface area (Å²) in [7, 11) is -0.719. The summed E-state index contributed by atoms with van der Waals surface area (Å²) in [5.41, 5.74) is 0.510. The lowest BCUT2D eigenvalue weighted by atomic mass is 10.2.